The highest BCUT2D eigenvalue weighted by molar-refractivity contribution is 7.09. The number of hydrogen-bond acceptors (Lipinski definition) is 4. The lowest BCUT2D eigenvalue weighted by atomic mass is 9.98. The molecular weight excluding hydrogens is 222 g/mol. The van der Waals surface area contributed by atoms with Crippen molar-refractivity contribution in [2.75, 3.05) is 13.6 Å². The van der Waals surface area contributed by atoms with E-state index in [4.69, 9.17) is 0 Å². The van der Waals surface area contributed by atoms with E-state index in [1.54, 1.807) is 18.4 Å². The Labute approximate surface area is 99.5 Å². The van der Waals surface area contributed by atoms with Crippen LogP contribution in [0.1, 0.15) is 30.7 Å². The summed E-state index contributed by atoms with van der Waals surface area (Å²) in [6.07, 6.45) is 6.16. The van der Waals surface area contributed by atoms with Crippen molar-refractivity contribution in [3.05, 3.63) is 16.6 Å². The molecule has 16 heavy (non-hydrogen) atoms. The fraction of sp³-hybridized carbons (Fsp3) is 0.636. The molecule has 1 amide bonds. The average Bonchev–Trinajstić information content (AvgIpc) is 2.86. The lowest BCUT2D eigenvalue weighted by molar-refractivity contribution is -0.122. The van der Waals surface area contributed by atoms with E-state index in [1.165, 1.54) is 12.8 Å². The Balaban J connectivity index is 2.13. The number of thiazole rings is 1. The van der Waals surface area contributed by atoms with Crippen LogP contribution in [0.4, 0.5) is 0 Å². The summed E-state index contributed by atoms with van der Waals surface area (Å²) in [7, 11) is 1.78. The second-order valence-corrected chi connectivity index (χ2v) is 5.10. The van der Waals surface area contributed by atoms with Crippen LogP contribution in [0.3, 0.4) is 0 Å². The van der Waals surface area contributed by atoms with Gasteiger partial charge in [0.25, 0.3) is 0 Å². The Morgan fingerprint density at radius 1 is 1.56 bits per heavy atom. The molecule has 88 valence electrons. The highest BCUT2D eigenvalue weighted by Crippen LogP contribution is 2.39. The largest absolute Gasteiger partial charge is 0.343 e. The van der Waals surface area contributed by atoms with Gasteiger partial charge in [-0.25, -0.2) is 4.98 Å². The maximum Gasteiger partial charge on any atom is 0.234 e. The van der Waals surface area contributed by atoms with Gasteiger partial charge in [-0.3, -0.25) is 4.79 Å². The number of rotatable bonds is 4. The molecule has 1 aliphatic carbocycles. The van der Waals surface area contributed by atoms with Gasteiger partial charge in [0.1, 0.15) is 5.01 Å². The number of aromatic nitrogens is 1. The molecule has 1 heterocycles. The third kappa shape index (κ3) is 2.25. The lowest BCUT2D eigenvalue weighted by Gasteiger charge is -2.28. The minimum absolute atomic E-state index is 0.0552. The highest BCUT2D eigenvalue weighted by atomic mass is 32.1. The molecule has 4 nitrogen and oxygen atoms in total. The second kappa shape index (κ2) is 4.93. The third-order valence-corrected chi connectivity index (χ3v) is 3.99. The average molecular weight is 239 g/mol. The molecule has 0 atom stereocenters. The first-order valence-corrected chi connectivity index (χ1v) is 6.50. The van der Waals surface area contributed by atoms with Crippen LogP contribution >= 0.6 is 11.3 Å². The number of carbonyl (C=O) groups excluding carboxylic acids is 1. The molecule has 0 spiro atoms. The Morgan fingerprint density at radius 3 is 2.88 bits per heavy atom. The number of likely N-dealkylation sites (N-methyl/N-ethyl adjacent to an activating group) is 1. The van der Waals surface area contributed by atoms with Gasteiger partial charge in [-0.05, 0) is 19.9 Å². The maximum atomic E-state index is 11.7. The van der Waals surface area contributed by atoms with Crippen molar-refractivity contribution in [1.29, 1.82) is 0 Å². The first-order chi connectivity index (χ1) is 7.77. The molecule has 1 saturated carbocycles. The minimum atomic E-state index is -0.192. The van der Waals surface area contributed by atoms with Crippen molar-refractivity contribution in [2.24, 2.45) is 0 Å². The lowest BCUT2D eigenvalue weighted by Crippen LogP contribution is -2.46. The number of nitrogens with zero attached hydrogens (tertiary/aromatic N) is 1. The van der Waals surface area contributed by atoms with Gasteiger partial charge in [0.15, 0.2) is 0 Å². The molecule has 0 bridgehead atoms. The number of hydrogen-bond donors (Lipinski definition) is 2. The summed E-state index contributed by atoms with van der Waals surface area (Å²) in [6, 6.07) is 0. The van der Waals surface area contributed by atoms with Gasteiger partial charge in [0.2, 0.25) is 5.91 Å². The van der Waals surface area contributed by atoms with E-state index < -0.39 is 0 Å². The van der Waals surface area contributed by atoms with Crippen molar-refractivity contribution in [2.45, 2.75) is 31.2 Å². The Morgan fingerprint density at radius 2 is 2.31 bits per heavy atom. The monoisotopic (exact) mass is 239 g/mol. The van der Waals surface area contributed by atoms with Gasteiger partial charge in [0.05, 0.1) is 12.1 Å². The third-order valence-electron chi connectivity index (χ3n) is 3.01. The van der Waals surface area contributed by atoms with E-state index in [9.17, 15) is 4.79 Å². The van der Waals surface area contributed by atoms with Gasteiger partial charge in [-0.1, -0.05) is 12.8 Å². The van der Waals surface area contributed by atoms with E-state index in [1.807, 2.05) is 11.6 Å². The Hall–Kier alpha value is -0.940. The van der Waals surface area contributed by atoms with Crippen LogP contribution in [0.2, 0.25) is 0 Å². The van der Waals surface area contributed by atoms with E-state index in [0.29, 0.717) is 6.54 Å². The van der Waals surface area contributed by atoms with E-state index in [2.05, 4.69) is 15.6 Å². The van der Waals surface area contributed by atoms with Gasteiger partial charge < -0.3 is 10.6 Å². The van der Waals surface area contributed by atoms with Crippen LogP contribution in [0, 0.1) is 0 Å². The molecule has 1 aliphatic rings. The quantitative estimate of drug-likeness (QED) is 0.831. The molecule has 0 unspecified atom stereocenters. The predicted octanol–water partition coefficient (Wildman–Crippen LogP) is 1.25. The molecule has 0 radical (unpaired) electrons. The molecule has 1 aromatic heterocycles. The highest BCUT2D eigenvalue weighted by Gasteiger charge is 2.38. The van der Waals surface area contributed by atoms with E-state index in [-0.39, 0.29) is 11.4 Å². The number of nitrogens with one attached hydrogen (secondary N) is 2. The van der Waals surface area contributed by atoms with Crippen molar-refractivity contribution >= 4 is 17.2 Å². The van der Waals surface area contributed by atoms with Gasteiger partial charge >= 0.3 is 0 Å². The SMILES string of the molecule is CNCC(=O)NC1(c2nccs2)CCCC1. The van der Waals surface area contributed by atoms with Gasteiger partial charge in [0, 0.05) is 11.6 Å². The molecule has 1 fully saturated rings. The van der Waals surface area contributed by atoms with Crippen LogP contribution in [0.25, 0.3) is 0 Å². The Kier molecular flexibility index (Phi) is 3.56. The smallest absolute Gasteiger partial charge is 0.234 e. The van der Waals surface area contributed by atoms with Crippen LogP contribution in [0.5, 0.6) is 0 Å². The van der Waals surface area contributed by atoms with Crippen LogP contribution in [-0.4, -0.2) is 24.5 Å². The molecule has 2 N–H and O–H groups in total. The van der Waals surface area contributed by atoms with E-state index >= 15 is 0 Å². The molecule has 0 saturated heterocycles. The summed E-state index contributed by atoms with van der Waals surface area (Å²) >= 11 is 1.63. The predicted molar refractivity (Wildman–Crippen MR) is 64.3 cm³/mol. The fourth-order valence-electron chi connectivity index (χ4n) is 2.30. The summed E-state index contributed by atoms with van der Waals surface area (Å²) in [5, 5.41) is 9.04. The Bertz CT molecular complexity index is 344. The second-order valence-electron chi connectivity index (χ2n) is 4.20. The topological polar surface area (TPSA) is 54.0 Å². The summed E-state index contributed by atoms with van der Waals surface area (Å²) in [6.45, 7) is 0.368. The van der Waals surface area contributed by atoms with Gasteiger partial charge in [-0.2, -0.15) is 0 Å². The zero-order valence-corrected chi connectivity index (χ0v) is 10.3. The minimum Gasteiger partial charge on any atom is -0.343 e. The van der Waals surface area contributed by atoms with Crippen LogP contribution in [-0.2, 0) is 10.3 Å². The van der Waals surface area contributed by atoms with Crippen molar-refractivity contribution in [3.63, 3.8) is 0 Å². The molecular formula is C11H17N3OS. The standard InChI is InChI=1S/C11H17N3OS/c1-12-8-9(15)14-11(4-2-3-5-11)10-13-6-7-16-10/h6-7,12H,2-5,8H2,1H3,(H,14,15). The molecule has 2 rings (SSSR count). The molecule has 5 heteroatoms. The zero-order chi connectivity index (χ0) is 11.4. The maximum absolute atomic E-state index is 11.7. The summed E-state index contributed by atoms with van der Waals surface area (Å²) < 4.78 is 0. The first-order valence-electron chi connectivity index (χ1n) is 5.62. The first kappa shape index (κ1) is 11.5. The fourth-order valence-corrected chi connectivity index (χ4v) is 3.16. The number of amides is 1. The normalized spacial score (nSPS) is 18.6. The summed E-state index contributed by atoms with van der Waals surface area (Å²) in [4.78, 5) is 16.1. The summed E-state index contributed by atoms with van der Waals surface area (Å²) in [5.74, 6) is 0.0552. The van der Waals surface area contributed by atoms with Crippen molar-refractivity contribution in [1.82, 2.24) is 15.6 Å². The summed E-state index contributed by atoms with van der Waals surface area (Å²) in [5.41, 5.74) is -0.192. The molecule has 0 aromatic carbocycles. The zero-order valence-electron chi connectivity index (χ0n) is 9.45. The number of carbonyl (C=O) groups is 1. The van der Waals surface area contributed by atoms with Gasteiger partial charge in [-0.15, -0.1) is 11.3 Å². The molecule has 0 aliphatic heterocycles. The van der Waals surface area contributed by atoms with Crippen LogP contribution in [0.15, 0.2) is 11.6 Å². The van der Waals surface area contributed by atoms with Crippen molar-refractivity contribution < 1.29 is 4.79 Å². The van der Waals surface area contributed by atoms with E-state index in [0.717, 1.165) is 17.8 Å². The molecule has 1 aromatic rings. The van der Waals surface area contributed by atoms with Crippen molar-refractivity contribution in [3.8, 4) is 0 Å². The van der Waals surface area contributed by atoms with Crippen LogP contribution < -0.4 is 10.6 Å².